The fourth-order valence-electron chi connectivity index (χ4n) is 4.46. The number of hydrogen-bond acceptors (Lipinski definition) is 1. The lowest BCUT2D eigenvalue weighted by Crippen LogP contribution is -2.34. The summed E-state index contributed by atoms with van der Waals surface area (Å²) in [4.78, 5) is 0. The Kier molecular flexibility index (Phi) is 13.3. The Morgan fingerprint density at radius 2 is 1.25 bits per heavy atom. The summed E-state index contributed by atoms with van der Waals surface area (Å²) in [6, 6.07) is 5.62. The second-order valence-corrected chi connectivity index (χ2v) is 13.9. The number of rotatable bonds is 15. The van der Waals surface area contributed by atoms with Crippen LogP contribution in [0.3, 0.4) is 0 Å². The van der Waals surface area contributed by atoms with Crippen LogP contribution in [0.4, 0.5) is 0 Å². The molecule has 0 aromatic heterocycles. The van der Waals surface area contributed by atoms with E-state index in [1.54, 1.807) is 18.1 Å². The van der Waals surface area contributed by atoms with Gasteiger partial charge in [0.2, 0.25) is 0 Å². The Hall–Kier alpha value is 0.177. The van der Waals surface area contributed by atoms with Crippen LogP contribution in [0, 0.1) is 0 Å². The maximum absolute atomic E-state index is 3.87. The first-order valence-electron chi connectivity index (χ1n) is 11.4. The predicted molar refractivity (Wildman–Crippen MR) is 114 cm³/mol. The minimum absolute atomic E-state index is 0.848. The largest absolute Gasteiger partial charge is 0.314 e. The fourth-order valence-corrected chi connectivity index (χ4v) is 8.45. The Morgan fingerprint density at radius 1 is 0.708 bits per heavy atom. The van der Waals surface area contributed by atoms with Crippen molar-refractivity contribution in [2.24, 2.45) is 0 Å². The van der Waals surface area contributed by atoms with Gasteiger partial charge in [-0.2, -0.15) is 0 Å². The van der Waals surface area contributed by atoms with Gasteiger partial charge in [-0.05, 0) is 25.8 Å². The van der Waals surface area contributed by atoms with Crippen molar-refractivity contribution < 1.29 is 0 Å². The molecule has 0 radical (unpaired) electrons. The summed E-state index contributed by atoms with van der Waals surface area (Å²) < 4.78 is 0. The van der Waals surface area contributed by atoms with Crippen LogP contribution < -0.4 is 5.32 Å². The second-order valence-electron chi connectivity index (χ2n) is 8.82. The summed E-state index contributed by atoms with van der Waals surface area (Å²) in [5.74, 6) is 0. The lowest BCUT2D eigenvalue weighted by atomic mass is 9.95. The maximum atomic E-state index is 3.87. The molecule has 0 atom stereocenters. The van der Waals surface area contributed by atoms with E-state index in [9.17, 15) is 0 Å². The predicted octanol–water partition coefficient (Wildman–Crippen LogP) is 7.54. The summed E-state index contributed by atoms with van der Waals surface area (Å²) in [7, 11) is -0.976. The van der Waals surface area contributed by atoms with Crippen LogP contribution in [0.15, 0.2) is 0 Å². The van der Waals surface area contributed by atoms with Crippen molar-refractivity contribution in [1.29, 1.82) is 0 Å². The molecule has 0 heterocycles. The van der Waals surface area contributed by atoms with Crippen molar-refractivity contribution in [3.05, 3.63) is 0 Å². The van der Waals surface area contributed by atoms with Gasteiger partial charge in [-0.3, -0.25) is 0 Å². The van der Waals surface area contributed by atoms with E-state index in [2.05, 4.69) is 25.7 Å². The highest BCUT2D eigenvalue weighted by Gasteiger charge is 2.25. The maximum Gasteiger partial charge on any atom is 0.0505 e. The zero-order chi connectivity index (χ0) is 17.5. The zero-order valence-corrected chi connectivity index (χ0v) is 18.3. The van der Waals surface area contributed by atoms with Crippen LogP contribution in [-0.4, -0.2) is 20.7 Å². The van der Waals surface area contributed by atoms with Crippen LogP contribution in [0.1, 0.15) is 104 Å². The Labute approximate surface area is 154 Å². The molecular weight excluding hydrogens is 306 g/mol. The van der Waals surface area contributed by atoms with Crippen LogP contribution in [-0.2, 0) is 0 Å². The van der Waals surface area contributed by atoms with Crippen molar-refractivity contribution >= 4 is 8.07 Å². The van der Waals surface area contributed by atoms with Gasteiger partial charge >= 0.3 is 0 Å². The van der Waals surface area contributed by atoms with E-state index in [1.807, 2.05) is 0 Å². The molecule has 0 saturated heterocycles. The van der Waals surface area contributed by atoms with Crippen molar-refractivity contribution in [1.82, 2.24) is 5.32 Å². The van der Waals surface area contributed by atoms with Crippen LogP contribution >= 0.6 is 0 Å². The quantitative estimate of drug-likeness (QED) is 0.237. The van der Waals surface area contributed by atoms with Crippen molar-refractivity contribution in [3.63, 3.8) is 0 Å². The van der Waals surface area contributed by atoms with Crippen LogP contribution in [0.5, 0.6) is 0 Å². The summed E-state index contributed by atoms with van der Waals surface area (Å²) in [5, 5.41) is 3.87. The summed E-state index contributed by atoms with van der Waals surface area (Å²) in [6.07, 6.45) is 20.3. The molecule has 0 unspecified atom stereocenters. The average Bonchev–Trinajstić information content (AvgIpc) is 2.61. The number of hydrogen-bond donors (Lipinski definition) is 1. The number of nitrogens with one attached hydrogen (secondary N) is 1. The first kappa shape index (κ1) is 22.2. The summed E-state index contributed by atoms with van der Waals surface area (Å²) in [6.45, 7) is 8.68. The third-order valence-corrected chi connectivity index (χ3v) is 10.9. The van der Waals surface area contributed by atoms with Crippen molar-refractivity contribution in [2.75, 3.05) is 6.54 Å². The minimum atomic E-state index is -0.976. The van der Waals surface area contributed by atoms with Crippen molar-refractivity contribution in [3.8, 4) is 0 Å². The smallest absolute Gasteiger partial charge is 0.0505 e. The third kappa shape index (κ3) is 10.9. The van der Waals surface area contributed by atoms with Gasteiger partial charge in [-0.25, -0.2) is 0 Å². The third-order valence-electron chi connectivity index (χ3n) is 6.26. The first-order valence-corrected chi connectivity index (χ1v) is 14.6. The molecule has 0 bridgehead atoms. The molecule has 0 aromatic carbocycles. The molecule has 1 fully saturated rings. The molecular formula is C22H47NSi. The molecule has 1 N–H and O–H groups in total. The number of unbranched alkanes of at least 4 members (excludes halogenated alkanes) is 6. The molecule has 0 spiro atoms. The van der Waals surface area contributed by atoms with Gasteiger partial charge in [0.25, 0.3) is 0 Å². The molecule has 1 rings (SSSR count). The molecule has 1 saturated carbocycles. The molecule has 0 aliphatic heterocycles. The van der Waals surface area contributed by atoms with Gasteiger partial charge in [0.05, 0.1) is 8.07 Å². The van der Waals surface area contributed by atoms with Gasteiger partial charge in [-0.1, -0.05) is 109 Å². The molecule has 0 aromatic rings. The lowest BCUT2D eigenvalue weighted by Gasteiger charge is -2.29. The normalized spacial score (nSPS) is 16.6. The van der Waals surface area contributed by atoms with Crippen LogP contribution in [0.25, 0.3) is 0 Å². The Balaban J connectivity index is 2.24. The highest BCUT2D eigenvalue weighted by molar-refractivity contribution is 6.78. The molecule has 24 heavy (non-hydrogen) atoms. The van der Waals surface area contributed by atoms with Crippen molar-refractivity contribution in [2.45, 2.75) is 134 Å². The van der Waals surface area contributed by atoms with E-state index in [0.29, 0.717) is 0 Å². The monoisotopic (exact) mass is 353 g/mol. The molecule has 144 valence electrons. The first-order chi connectivity index (χ1) is 11.7. The highest BCUT2D eigenvalue weighted by atomic mass is 28.3. The van der Waals surface area contributed by atoms with Gasteiger partial charge in [0.1, 0.15) is 0 Å². The molecule has 1 nitrogen and oxygen atoms in total. The Morgan fingerprint density at radius 3 is 1.79 bits per heavy atom. The van der Waals surface area contributed by atoms with Gasteiger partial charge in [0, 0.05) is 6.04 Å². The van der Waals surface area contributed by atoms with Crippen LogP contribution in [0.2, 0.25) is 24.7 Å². The summed E-state index contributed by atoms with van der Waals surface area (Å²) >= 11 is 0. The lowest BCUT2D eigenvalue weighted by molar-refractivity contribution is 0.374. The highest BCUT2D eigenvalue weighted by Crippen LogP contribution is 2.28. The topological polar surface area (TPSA) is 12.0 Å². The van der Waals surface area contributed by atoms with E-state index in [0.717, 1.165) is 6.04 Å². The standard InChI is InChI=1S/C22H47NSi/c1-4-6-8-13-19-24(3,20-14-9-7-5-2)21-15-18-23-22-16-11-10-12-17-22/h22-23H,4-21H2,1-3H3. The molecule has 1 aliphatic carbocycles. The van der Waals surface area contributed by atoms with E-state index < -0.39 is 8.07 Å². The summed E-state index contributed by atoms with van der Waals surface area (Å²) in [5.41, 5.74) is 0. The zero-order valence-electron chi connectivity index (χ0n) is 17.3. The average molecular weight is 354 g/mol. The van der Waals surface area contributed by atoms with E-state index in [-0.39, 0.29) is 0 Å². The molecule has 2 heteroatoms. The van der Waals surface area contributed by atoms with E-state index >= 15 is 0 Å². The molecule has 0 amide bonds. The fraction of sp³-hybridized carbons (Fsp3) is 1.00. The van der Waals surface area contributed by atoms with E-state index in [1.165, 1.54) is 96.4 Å². The Bertz CT molecular complexity index is 261. The van der Waals surface area contributed by atoms with Gasteiger partial charge in [-0.15, -0.1) is 0 Å². The van der Waals surface area contributed by atoms with Gasteiger partial charge in [0.15, 0.2) is 0 Å². The molecule has 1 aliphatic rings. The SMILES string of the molecule is CCCCCC[Si](C)(CCCCCC)CCCNC1CCCCC1. The minimum Gasteiger partial charge on any atom is -0.314 e. The van der Waals surface area contributed by atoms with Gasteiger partial charge < -0.3 is 5.32 Å². The van der Waals surface area contributed by atoms with E-state index in [4.69, 9.17) is 0 Å². The second kappa shape index (κ2) is 14.4.